The highest BCUT2D eigenvalue weighted by Gasteiger charge is 2.15. The van der Waals surface area contributed by atoms with Gasteiger partial charge in [-0.1, -0.05) is 42.5 Å². The van der Waals surface area contributed by atoms with Gasteiger partial charge >= 0.3 is 0 Å². The van der Waals surface area contributed by atoms with Crippen molar-refractivity contribution < 1.29 is 8.42 Å². The maximum atomic E-state index is 11.6. The van der Waals surface area contributed by atoms with Crippen molar-refractivity contribution in [2.24, 2.45) is 5.73 Å². The van der Waals surface area contributed by atoms with Crippen molar-refractivity contribution in [3.8, 4) is 0 Å². The Morgan fingerprint density at radius 3 is 2.53 bits per heavy atom. The van der Waals surface area contributed by atoms with Crippen LogP contribution in [0.3, 0.4) is 0 Å². The predicted molar refractivity (Wildman–Crippen MR) is 73.3 cm³/mol. The number of sulfonamides is 1. The Morgan fingerprint density at radius 1 is 1.41 bits per heavy atom. The monoisotopic (exact) mass is 272 g/mol. The summed E-state index contributed by atoms with van der Waals surface area (Å²) in [7, 11) is -3.42. The quantitative estimate of drug-likeness (QED) is 0.752. The van der Waals surface area contributed by atoms with E-state index in [0.717, 1.165) is 5.56 Å². The van der Waals surface area contributed by atoms with Crippen molar-refractivity contribution in [2.45, 2.75) is 19.4 Å². The second kappa shape index (κ2) is 6.09. The van der Waals surface area contributed by atoms with Gasteiger partial charge in [0.2, 0.25) is 10.0 Å². The van der Waals surface area contributed by atoms with E-state index in [-0.39, 0.29) is 16.8 Å². The van der Waals surface area contributed by atoms with Gasteiger partial charge < -0.3 is 5.73 Å². The van der Waals surface area contributed by atoms with Crippen molar-refractivity contribution in [2.75, 3.05) is 5.75 Å². The summed E-state index contributed by atoms with van der Waals surface area (Å²) in [6, 6.07) is 9.50. The zero-order valence-corrected chi connectivity index (χ0v) is 11.2. The largest absolute Gasteiger partial charge is 0.392 e. The molecule has 3 N–H and O–H groups in total. The Bertz CT molecular complexity index is 472. The number of hydrogen-bond donors (Lipinski definition) is 2. The Morgan fingerprint density at radius 2 is 2.00 bits per heavy atom. The molecule has 1 atom stereocenters. The van der Waals surface area contributed by atoms with E-state index in [1.54, 1.807) is 0 Å². The summed E-state index contributed by atoms with van der Waals surface area (Å²) in [6.07, 6.45) is 0.636. The van der Waals surface area contributed by atoms with E-state index in [1.165, 1.54) is 0 Å². The van der Waals surface area contributed by atoms with Crippen LogP contribution in [0.1, 0.15) is 12.5 Å². The number of rotatable bonds is 6. The highest BCUT2D eigenvalue weighted by atomic mass is 32.2. The van der Waals surface area contributed by atoms with E-state index >= 15 is 0 Å². The molecule has 0 saturated heterocycles. The van der Waals surface area contributed by atoms with Crippen LogP contribution in [-0.2, 0) is 16.4 Å². The molecular weight excluding hydrogens is 256 g/mol. The van der Waals surface area contributed by atoms with E-state index < -0.39 is 10.0 Å². The molecule has 1 aromatic rings. The van der Waals surface area contributed by atoms with Gasteiger partial charge in [-0.3, -0.25) is 0 Å². The van der Waals surface area contributed by atoms with Crippen LogP contribution in [0.5, 0.6) is 0 Å². The molecule has 0 heterocycles. The summed E-state index contributed by atoms with van der Waals surface area (Å²) in [5.74, 6) is -0.304. The first-order valence-electron chi connectivity index (χ1n) is 5.21. The van der Waals surface area contributed by atoms with Gasteiger partial charge in [0.1, 0.15) is 5.75 Å². The lowest BCUT2D eigenvalue weighted by Crippen LogP contribution is -2.38. The van der Waals surface area contributed by atoms with Gasteiger partial charge in [-0.05, 0) is 18.9 Å². The molecule has 0 aliphatic heterocycles. The predicted octanol–water partition coefficient (Wildman–Crippen LogP) is 0.823. The molecule has 1 unspecified atom stereocenters. The van der Waals surface area contributed by atoms with E-state index in [0.29, 0.717) is 6.42 Å². The minimum absolute atomic E-state index is 0.0237. The Labute approximate surface area is 107 Å². The van der Waals surface area contributed by atoms with Crippen molar-refractivity contribution in [1.82, 2.24) is 4.72 Å². The molecule has 1 aromatic carbocycles. The highest BCUT2D eigenvalue weighted by Crippen LogP contribution is 2.03. The average Bonchev–Trinajstić information content (AvgIpc) is 2.15. The molecule has 0 aromatic heterocycles. The van der Waals surface area contributed by atoms with E-state index in [2.05, 4.69) is 16.9 Å². The maximum Gasteiger partial charge on any atom is 0.218 e. The first-order valence-corrected chi connectivity index (χ1v) is 7.27. The number of benzene rings is 1. The fourth-order valence-electron chi connectivity index (χ4n) is 1.54. The molecule has 0 radical (unpaired) electrons. The molecule has 1 rings (SSSR count). The first kappa shape index (κ1) is 14.1. The Hall–Kier alpha value is -0.980. The van der Waals surface area contributed by atoms with Crippen LogP contribution in [-0.4, -0.2) is 25.2 Å². The van der Waals surface area contributed by atoms with Crippen LogP contribution in [0, 0.1) is 0 Å². The van der Waals surface area contributed by atoms with Gasteiger partial charge in [0, 0.05) is 6.04 Å². The topological polar surface area (TPSA) is 72.2 Å². The zero-order valence-electron chi connectivity index (χ0n) is 9.59. The Kier molecular flexibility index (Phi) is 5.04. The summed E-state index contributed by atoms with van der Waals surface area (Å²) in [4.78, 5) is -0.0237. The molecule has 0 amide bonds. The first-order chi connectivity index (χ1) is 7.89. The summed E-state index contributed by atoms with van der Waals surface area (Å²) in [5, 5.41) is 0. The third-order valence-corrected chi connectivity index (χ3v) is 3.88. The molecule has 0 fully saturated rings. The van der Waals surface area contributed by atoms with Crippen LogP contribution >= 0.6 is 12.2 Å². The van der Waals surface area contributed by atoms with Gasteiger partial charge in [0.15, 0.2) is 0 Å². The minimum Gasteiger partial charge on any atom is -0.392 e. The standard InChI is InChI=1S/C11H16N2O2S2/c1-9(7-10-5-3-2-4-6-10)13-17(14,15)8-11(12)16/h2-6,9,13H,7-8H2,1H3,(H2,12,16). The summed E-state index contributed by atoms with van der Waals surface area (Å²) in [6.45, 7) is 1.81. The molecule has 0 spiro atoms. The number of hydrogen-bond acceptors (Lipinski definition) is 3. The van der Waals surface area contributed by atoms with Gasteiger partial charge in [-0.2, -0.15) is 0 Å². The Balaban J connectivity index is 2.55. The maximum absolute atomic E-state index is 11.6. The second-order valence-electron chi connectivity index (χ2n) is 3.93. The third kappa shape index (κ3) is 5.76. The lowest BCUT2D eigenvalue weighted by Gasteiger charge is -2.13. The molecule has 0 bridgehead atoms. The molecule has 17 heavy (non-hydrogen) atoms. The van der Waals surface area contributed by atoms with E-state index in [1.807, 2.05) is 37.3 Å². The van der Waals surface area contributed by atoms with Crippen molar-refractivity contribution in [3.05, 3.63) is 35.9 Å². The minimum atomic E-state index is -3.42. The lowest BCUT2D eigenvalue weighted by atomic mass is 10.1. The third-order valence-electron chi connectivity index (χ3n) is 2.10. The number of nitrogens with two attached hydrogens (primary N) is 1. The summed E-state index contributed by atoms with van der Waals surface area (Å²) < 4.78 is 25.7. The van der Waals surface area contributed by atoms with E-state index in [4.69, 9.17) is 5.73 Å². The fraction of sp³-hybridized carbons (Fsp3) is 0.364. The van der Waals surface area contributed by atoms with Crippen LogP contribution < -0.4 is 10.5 Å². The zero-order chi connectivity index (χ0) is 12.9. The smallest absolute Gasteiger partial charge is 0.218 e. The highest BCUT2D eigenvalue weighted by molar-refractivity contribution is 7.92. The summed E-state index contributed by atoms with van der Waals surface area (Å²) >= 11 is 4.58. The van der Waals surface area contributed by atoms with Crippen LogP contribution in [0.4, 0.5) is 0 Å². The van der Waals surface area contributed by atoms with Gasteiger partial charge in [0.25, 0.3) is 0 Å². The van der Waals surface area contributed by atoms with Crippen LogP contribution in [0.25, 0.3) is 0 Å². The lowest BCUT2D eigenvalue weighted by molar-refractivity contribution is 0.563. The van der Waals surface area contributed by atoms with Gasteiger partial charge in [-0.25, -0.2) is 13.1 Å². The number of thiocarbonyl (C=S) groups is 1. The normalized spacial score (nSPS) is 13.2. The molecule has 0 saturated carbocycles. The summed E-state index contributed by atoms with van der Waals surface area (Å²) in [5.41, 5.74) is 6.30. The second-order valence-corrected chi connectivity index (χ2v) is 6.21. The molecular formula is C11H16N2O2S2. The molecule has 0 aliphatic carbocycles. The molecule has 6 heteroatoms. The molecule has 0 aliphatic rings. The average molecular weight is 272 g/mol. The SMILES string of the molecule is CC(Cc1ccccc1)NS(=O)(=O)CC(N)=S. The van der Waals surface area contributed by atoms with E-state index in [9.17, 15) is 8.42 Å². The van der Waals surface area contributed by atoms with Crippen molar-refractivity contribution >= 4 is 27.2 Å². The van der Waals surface area contributed by atoms with Crippen LogP contribution in [0.15, 0.2) is 30.3 Å². The molecule has 94 valence electrons. The molecule has 4 nitrogen and oxygen atoms in total. The fourth-order valence-corrected chi connectivity index (χ4v) is 3.16. The van der Waals surface area contributed by atoms with Gasteiger partial charge in [-0.15, -0.1) is 0 Å². The van der Waals surface area contributed by atoms with Crippen molar-refractivity contribution in [3.63, 3.8) is 0 Å². The van der Waals surface area contributed by atoms with Gasteiger partial charge in [0.05, 0.1) is 4.99 Å². The van der Waals surface area contributed by atoms with Crippen molar-refractivity contribution in [1.29, 1.82) is 0 Å². The number of nitrogens with one attached hydrogen (secondary N) is 1. The van der Waals surface area contributed by atoms with Crippen LogP contribution in [0.2, 0.25) is 0 Å².